The van der Waals surface area contributed by atoms with Crippen LogP contribution >= 0.6 is 0 Å². The second kappa shape index (κ2) is 5.16. The lowest BCUT2D eigenvalue weighted by Gasteiger charge is -2.33. The number of rotatable bonds is 3. The molecule has 1 aliphatic carbocycles. The van der Waals surface area contributed by atoms with E-state index in [1.165, 1.54) is 32.1 Å². The van der Waals surface area contributed by atoms with Gasteiger partial charge >= 0.3 is 0 Å². The van der Waals surface area contributed by atoms with Crippen molar-refractivity contribution in [2.45, 2.75) is 39.0 Å². The number of nitrogens with one attached hydrogen (secondary N) is 1. The minimum Gasteiger partial charge on any atom is -0.354 e. The topological polar surface area (TPSA) is 37.8 Å². The van der Waals surface area contributed by atoms with Crippen molar-refractivity contribution in [1.82, 2.24) is 9.97 Å². The van der Waals surface area contributed by atoms with E-state index in [2.05, 4.69) is 22.2 Å². The molecule has 0 bridgehead atoms. The highest BCUT2D eigenvalue weighted by atomic mass is 15.1. The maximum absolute atomic E-state index is 4.57. The average molecular weight is 255 g/mol. The first kappa shape index (κ1) is 12.4. The molecule has 0 amide bonds. The van der Waals surface area contributed by atoms with E-state index in [1.54, 1.807) is 0 Å². The summed E-state index contributed by atoms with van der Waals surface area (Å²) in [6, 6.07) is 8.11. The van der Waals surface area contributed by atoms with Crippen molar-refractivity contribution in [3.05, 3.63) is 30.5 Å². The van der Waals surface area contributed by atoms with Gasteiger partial charge in [-0.2, -0.15) is 0 Å². The molecule has 1 heterocycles. The quantitative estimate of drug-likeness (QED) is 0.900. The van der Waals surface area contributed by atoms with E-state index in [1.807, 2.05) is 30.5 Å². The predicted octanol–water partition coefficient (Wildman–Crippen LogP) is 4.01. The molecule has 0 radical (unpaired) electrons. The lowest BCUT2D eigenvalue weighted by Crippen LogP contribution is -2.29. The molecule has 0 saturated heterocycles. The van der Waals surface area contributed by atoms with Crippen molar-refractivity contribution in [2.24, 2.45) is 5.41 Å². The normalized spacial score (nSPS) is 18.4. The standard InChI is InChI=1S/C16H21N3/c1-16(9-5-2-6-10-16)12-18-15-17-11-13-7-3-4-8-14(13)19-15/h3-4,7-8,11H,2,5-6,9-10,12H2,1H3,(H,17,18,19). The van der Waals surface area contributed by atoms with Gasteiger partial charge in [-0.15, -0.1) is 0 Å². The zero-order valence-corrected chi connectivity index (χ0v) is 11.5. The van der Waals surface area contributed by atoms with Gasteiger partial charge < -0.3 is 5.32 Å². The number of benzene rings is 1. The summed E-state index contributed by atoms with van der Waals surface area (Å²) in [5, 5.41) is 4.52. The predicted molar refractivity (Wildman–Crippen MR) is 79.2 cm³/mol. The Morgan fingerprint density at radius 3 is 2.79 bits per heavy atom. The molecule has 1 saturated carbocycles. The Kier molecular flexibility index (Phi) is 3.36. The first-order valence-electron chi connectivity index (χ1n) is 7.21. The van der Waals surface area contributed by atoms with Crippen LogP contribution in [0.3, 0.4) is 0 Å². The number of hydrogen-bond acceptors (Lipinski definition) is 3. The van der Waals surface area contributed by atoms with Crippen LogP contribution in [0.4, 0.5) is 5.95 Å². The van der Waals surface area contributed by atoms with Gasteiger partial charge in [-0.05, 0) is 24.3 Å². The lowest BCUT2D eigenvalue weighted by molar-refractivity contribution is 0.233. The fourth-order valence-electron chi connectivity index (χ4n) is 2.93. The summed E-state index contributed by atoms with van der Waals surface area (Å²) < 4.78 is 0. The summed E-state index contributed by atoms with van der Waals surface area (Å²) in [5.41, 5.74) is 1.42. The van der Waals surface area contributed by atoms with Crippen molar-refractivity contribution >= 4 is 16.9 Å². The molecule has 3 heteroatoms. The van der Waals surface area contributed by atoms with Gasteiger partial charge in [0.25, 0.3) is 0 Å². The highest BCUT2D eigenvalue weighted by Gasteiger charge is 2.26. The second-order valence-electron chi connectivity index (χ2n) is 5.98. The fraction of sp³-hybridized carbons (Fsp3) is 0.500. The van der Waals surface area contributed by atoms with Crippen molar-refractivity contribution in [1.29, 1.82) is 0 Å². The molecule has 1 aromatic heterocycles. The number of nitrogens with zero attached hydrogens (tertiary/aromatic N) is 2. The molecule has 0 aliphatic heterocycles. The summed E-state index contributed by atoms with van der Waals surface area (Å²) in [6.07, 6.45) is 8.63. The molecule has 0 unspecified atom stereocenters. The summed E-state index contributed by atoms with van der Waals surface area (Å²) in [7, 11) is 0. The molecule has 2 aromatic rings. The number of para-hydroxylation sites is 1. The third kappa shape index (κ3) is 2.86. The molecular weight excluding hydrogens is 234 g/mol. The molecule has 1 aromatic carbocycles. The molecule has 0 spiro atoms. The van der Waals surface area contributed by atoms with Crippen LogP contribution in [-0.4, -0.2) is 16.5 Å². The molecular formula is C16H21N3. The Hall–Kier alpha value is -1.64. The van der Waals surface area contributed by atoms with Crippen LogP contribution in [0.2, 0.25) is 0 Å². The Bertz CT molecular complexity index is 559. The lowest BCUT2D eigenvalue weighted by atomic mass is 9.76. The van der Waals surface area contributed by atoms with Gasteiger partial charge in [0.05, 0.1) is 5.52 Å². The largest absolute Gasteiger partial charge is 0.354 e. The van der Waals surface area contributed by atoms with Crippen LogP contribution in [0.15, 0.2) is 30.5 Å². The minimum absolute atomic E-state index is 0.410. The van der Waals surface area contributed by atoms with Gasteiger partial charge in [0.2, 0.25) is 5.95 Å². The number of fused-ring (bicyclic) bond motifs is 1. The van der Waals surface area contributed by atoms with E-state index in [0.717, 1.165) is 23.4 Å². The maximum atomic E-state index is 4.57. The molecule has 1 fully saturated rings. The molecule has 1 N–H and O–H groups in total. The summed E-state index contributed by atoms with van der Waals surface area (Å²) >= 11 is 0. The van der Waals surface area contributed by atoms with E-state index >= 15 is 0 Å². The Labute approximate surface area is 114 Å². The van der Waals surface area contributed by atoms with Crippen molar-refractivity contribution in [3.8, 4) is 0 Å². The maximum Gasteiger partial charge on any atom is 0.223 e. The van der Waals surface area contributed by atoms with E-state index in [0.29, 0.717) is 5.41 Å². The minimum atomic E-state index is 0.410. The zero-order valence-electron chi connectivity index (χ0n) is 11.5. The third-order valence-corrected chi connectivity index (χ3v) is 4.22. The van der Waals surface area contributed by atoms with E-state index in [9.17, 15) is 0 Å². The fourth-order valence-corrected chi connectivity index (χ4v) is 2.93. The summed E-state index contributed by atoms with van der Waals surface area (Å²) in [5.74, 6) is 0.755. The van der Waals surface area contributed by atoms with E-state index in [-0.39, 0.29) is 0 Å². The summed E-state index contributed by atoms with van der Waals surface area (Å²) in [6.45, 7) is 3.35. The van der Waals surface area contributed by atoms with Crippen molar-refractivity contribution in [3.63, 3.8) is 0 Å². The van der Waals surface area contributed by atoms with Crippen LogP contribution in [0.5, 0.6) is 0 Å². The van der Waals surface area contributed by atoms with Crippen molar-refractivity contribution in [2.75, 3.05) is 11.9 Å². The molecule has 19 heavy (non-hydrogen) atoms. The molecule has 100 valence electrons. The Morgan fingerprint density at radius 2 is 1.95 bits per heavy atom. The monoisotopic (exact) mass is 255 g/mol. The van der Waals surface area contributed by atoms with E-state index in [4.69, 9.17) is 0 Å². The number of aromatic nitrogens is 2. The molecule has 3 rings (SSSR count). The number of anilines is 1. The third-order valence-electron chi connectivity index (χ3n) is 4.22. The number of hydrogen-bond donors (Lipinski definition) is 1. The first-order chi connectivity index (χ1) is 9.25. The van der Waals surface area contributed by atoms with Gasteiger partial charge in [0.1, 0.15) is 0 Å². The van der Waals surface area contributed by atoms with E-state index < -0.39 is 0 Å². The molecule has 3 nitrogen and oxygen atoms in total. The first-order valence-corrected chi connectivity index (χ1v) is 7.21. The van der Waals surface area contributed by atoms with Gasteiger partial charge in [0.15, 0.2) is 0 Å². The van der Waals surface area contributed by atoms with Gasteiger partial charge in [-0.1, -0.05) is 44.4 Å². The SMILES string of the molecule is CC1(CNc2ncc3ccccc3n2)CCCCC1. The second-order valence-corrected chi connectivity index (χ2v) is 5.98. The highest BCUT2D eigenvalue weighted by molar-refractivity contribution is 5.78. The van der Waals surface area contributed by atoms with Crippen LogP contribution in [0.1, 0.15) is 39.0 Å². The smallest absolute Gasteiger partial charge is 0.223 e. The highest BCUT2D eigenvalue weighted by Crippen LogP contribution is 2.35. The van der Waals surface area contributed by atoms with Gasteiger partial charge in [-0.3, -0.25) is 0 Å². The van der Waals surface area contributed by atoms with Crippen molar-refractivity contribution < 1.29 is 0 Å². The average Bonchev–Trinajstić information content (AvgIpc) is 2.46. The van der Waals surface area contributed by atoms with Gasteiger partial charge in [-0.25, -0.2) is 9.97 Å². The van der Waals surface area contributed by atoms with Gasteiger partial charge in [0, 0.05) is 18.1 Å². The molecule has 0 atom stereocenters. The zero-order chi connectivity index (χ0) is 13.1. The van der Waals surface area contributed by atoms with Crippen LogP contribution in [-0.2, 0) is 0 Å². The molecule has 1 aliphatic rings. The van der Waals surface area contributed by atoms with Crippen LogP contribution < -0.4 is 5.32 Å². The van der Waals surface area contributed by atoms with Crippen LogP contribution in [0, 0.1) is 5.41 Å². The Morgan fingerprint density at radius 1 is 1.16 bits per heavy atom. The summed E-state index contributed by atoms with van der Waals surface area (Å²) in [4.78, 5) is 8.97. The Balaban J connectivity index is 1.71. The van der Waals surface area contributed by atoms with Crippen LogP contribution in [0.25, 0.3) is 10.9 Å².